The Labute approximate surface area is 193 Å². The molecule has 0 bridgehead atoms. The molecule has 13 heteroatoms. The summed E-state index contributed by atoms with van der Waals surface area (Å²) in [5, 5.41) is 15.4. The Morgan fingerprint density at radius 1 is 1.35 bits per heavy atom. The number of thiazole rings is 1. The van der Waals surface area contributed by atoms with Gasteiger partial charge in [-0.05, 0) is 17.0 Å². The van der Waals surface area contributed by atoms with Crippen molar-refractivity contribution in [3.8, 4) is 0 Å². The van der Waals surface area contributed by atoms with Gasteiger partial charge in [-0.15, -0.1) is 34.4 Å². The average molecular weight is 497 g/mol. The number of rotatable bonds is 7. The predicted molar refractivity (Wildman–Crippen MR) is 120 cm³/mol. The molecule has 2 unspecified atom stereocenters. The topological polar surface area (TPSA) is 143 Å². The number of hydrogen-bond acceptors (Lipinski definition) is 10. The molecule has 4 N–H and O–H groups in total. The van der Waals surface area contributed by atoms with Crippen molar-refractivity contribution in [2.24, 2.45) is 5.73 Å². The summed E-state index contributed by atoms with van der Waals surface area (Å²) < 4.78 is 0. The number of thiophene rings is 1. The van der Waals surface area contributed by atoms with Crippen molar-refractivity contribution >= 4 is 69.1 Å². The van der Waals surface area contributed by atoms with Crippen molar-refractivity contribution in [2.75, 3.05) is 11.5 Å². The first-order chi connectivity index (χ1) is 14.9. The number of hydrogen-bond donors (Lipinski definition) is 3. The second kappa shape index (κ2) is 9.12. The highest BCUT2D eigenvalue weighted by Crippen LogP contribution is 2.41. The minimum atomic E-state index is -1.24. The van der Waals surface area contributed by atoms with Gasteiger partial charge in [0.2, 0.25) is 11.0 Å². The van der Waals surface area contributed by atoms with Gasteiger partial charge in [0.1, 0.15) is 23.2 Å². The zero-order valence-electron chi connectivity index (χ0n) is 15.7. The van der Waals surface area contributed by atoms with E-state index >= 15 is 0 Å². The second-order valence-electron chi connectivity index (χ2n) is 6.56. The molecule has 0 aromatic carbocycles. The van der Waals surface area contributed by atoms with Crippen LogP contribution in [0.2, 0.25) is 0 Å². The highest BCUT2D eigenvalue weighted by molar-refractivity contribution is 8.14. The number of nitrogens with zero attached hydrogens (tertiary/aromatic N) is 2. The average Bonchev–Trinajstić information content (AvgIpc) is 3.48. The van der Waals surface area contributed by atoms with E-state index < -0.39 is 35.2 Å². The van der Waals surface area contributed by atoms with Gasteiger partial charge in [-0.3, -0.25) is 19.3 Å². The number of thioether (sulfide) groups is 2. The number of carbonyl (C=O) groups excluding carboxylic acids is 3. The zero-order valence-corrected chi connectivity index (χ0v) is 19.0. The van der Waals surface area contributed by atoms with Crippen molar-refractivity contribution in [1.29, 1.82) is 0 Å². The van der Waals surface area contributed by atoms with E-state index in [2.05, 4.69) is 10.3 Å². The normalized spacial score (nSPS) is 21.3. The van der Waals surface area contributed by atoms with Crippen LogP contribution in [0.5, 0.6) is 0 Å². The van der Waals surface area contributed by atoms with Gasteiger partial charge in [-0.25, -0.2) is 9.78 Å². The number of nitrogens with two attached hydrogens (primary N) is 1. The van der Waals surface area contributed by atoms with E-state index in [-0.39, 0.29) is 16.6 Å². The Hall–Kier alpha value is -2.19. The van der Waals surface area contributed by atoms with Gasteiger partial charge in [-0.2, -0.15) is 0 Å². The first-order valence-corrected chi connectivity index (χ1v) is 12.7. The molecule has 0 saturated carbocycles. The van der Waals surface area contributed by atoms with Crippen molar-refractivity contribution in [2.45, 2.75) is 17.5 Å². The minimum Gasteiger partial charge on any atom is -0.477 e. The molecule has 2 aromatic rings. The van der Waals surface area contributed by atoms with Crippen molar-refractivity contribution < 1.29 is 24.3 Å². The van der Waals surface area contributed by atoms with E-state index in [9.17, 15) is 24.3 Å². The Bertz CT molecular complexity index is 1050. The van der Waals surface area contributed by atoms with Crippen LogP contribution in [0.3, 0.4) is 0 Å². The van der Waals surface area contributed by atoms with Crippen LogP contribution < -0.4 is 11.1 Å². The number of β-lactam (4-membered cyclic amide) rings is 1. The lowest BCUT2D eigenvalue weighted by atomic mass is 10.0. The lowest BCUT2D eigenvalue weighted by Crippen LogP contribution is -2.71. The monoisotopic (exact) mass is 496 g/mol. The first-order valence-electron chi connectivity index (χ1n) is 8.94. The molecule has 0 spiro atoms. The summed E-state index contributed by atoms with van der Waals surface area (Å²) in [6, 6.07) is 1.78. The number of carboxylic acid groups (broad SMARTS) is 1. The fourth-order valence-electron chi connectivity index (χ4n) is 3.17. The maximum absolute atomic E-state index is 12.7. The predicted octanol–water partition coefficient (Wildman–Crippen LogP) is 1.52. The van der Waals surface area contributed by atoms with Crippen molar-refractivity contribution in [1.82, 2.24) is 15.2 Å². The number of amides is 2. The Morgan fingerprint density at radius 2 is 2.16 bits per heavy atom. The lowest BCUT2D eigenvalue weighted by Gasteiger charge is -2.49. The largest absolute Gasteiger partial charge is 0.477 e. The van der Waals surface area contributed by atoms with E-state index in [0.717, 1.165) is 11.8 Å². The molecule has 2 amide bonds. The third kappa shape index (κ3) is 4.28. The molecule has 9 nitrogen and oxygen atoms in total. The number of nitrogens with one attached hydrogen (secondary N) is 1. The quantitative estimate of drug-likeness (QED) is 0.486. The summed E-state index contributed by atoms with van der Waals surface area (Å²) in [6.07, 6.45) is 1.53. The number of fused-ring (bicyclic) bond motifs is 1. The van der Waals surface area contributed by atoms with E-state index in [1.165, 1.54) is 45.5 Å². The second-order valence-corrected chi connectivity index (χ2v) is 10.5. The van der Waals surface area contributed by atoms with Crippen molar-refractivity contribution in [3.63, 3.8) is 0 Å². The Morgan fingerprint density at radius 3 is 2.81 bits per heavy atom. The lowest BCUT2D eigenvalue weighted by molar-refractivity contribution is -0.150. The standard InChI is InChI=1S/C18H16N4O5S4/c19-10(9-2-1-4-28-9)13(23)21-11-15(24)22-12(17(25)26)8(6-30-16(11)22)7-31-18(27)14-20-3-5-29-14/h1-5,10-11,16H,6-7,19H2,(H,21,23)(H,25,26)/t10?,11?,16-/m0/s1. The Kier molecular flexibility index (Phi) is 6.48. The Balaban J connectivity index is 1.44. The van der Waals surface area contributed by atoms with Gasteiger partial charge >= 0.3 is 5.97 Å². The smallest absolute Gasteiger partial charge is 0.352 e. The molecule has 2 aliphatic rings. The van der Waals surface area contributed by atoms with E-state index in [1.807, 2.05) is 0 Å². The summed E-state index contributed by atoms with van der Waals surface area (Å²) >= 11 is 4.86. The summed E-state index contributed by atoms with van der Waals surface area (Å²) in [5.74, 6) is -1.76. The summed E-state index contributed by atoms with van der Waals surface area (Å²) in [7, 11) is 0. The summed E-state index contributed by atoms with van der Waals surface area (Å²) in [6.45, 7) is 0. The number of aliphatic carboxylic acids is 1. The first kappa shape index (κ1) is 22.0. The van der Waals surface area contributed by atoms with E-state index in [4.69, 9.17) is 5.73 Å². The molecule has 31 heavy (non-hydrogen) atoms. The molecule has 4 heterocycles. The van der Waals surface area contributed by atoms with Crippen LogP contribution in [0.1, 0.15) is 20.7 Å². The van der Waals surface area contributed by atoms with Crippen molar-refractivity contribution in [3.05, 3.63) is 50.2 Å². The van der Waals surface area contributed by atoms with Gasteiger partial charge in [0.05, 0.1) is 0 Å². The van der Waals surface area contributed by atoms with Crippen LogP contribution in [0.25, 0.3) is 0 Å². The van der Waals surface area contributed by atoms with Crippen LogP contribution in [-0.4, -0.2) is 60.8 Å². The maximum Gasteiger partial charge on any atom is 0.352 e. The fraction of sp³-hybridized carbons (Fsp3) is 0.278. The SMILES string of the molecule is NC(C(=O)NC1C(=O)N2C(C(=O)O)=C(CSC(=O)c3nccs3)CS[C@@H]12)c1cccs1. The van der Waals surface area contributed by atoms with Crippen LogP contribution in [0.4, 0.5) is 0 Å². The highest BCUT2D eigenvalue weighted by atomic mass is 32.2. The van der Waals surface area contributed by atoms with Crippen LogP contribution in [-0.2, 0) is 14.4 Å². The molecule has 2 aromatic heterocycles. The number of carboxylic acids is 1. The molecule has 162 valence electrons. The third-order valence-electron chi connectivity index (χ3n) is 4.66. The summed E-state index contributed by atoms with van der Waals surface area (Å²) in [4.78, 5) is 55.0. The summed E-state index contributed by atoms with van der Waals surface area (Å²) in [5.41, 5.74) is 6.31. The molecule has 4 rings (SSSR count). The van der Waals surface area contributed by atoms with Crippen LogP contribution >= 0.6 is 46.2 Å². The van der Waals surface area contributed by atoms with Gasteiger partial charge in [0, 0.05) is 28.0 Å². The zero-order chi connectivity index (χ0) is 22.1. The van der Waals surface area contributed by atoms with Gasteiger partial charge in [0.25, 0.3) is 5.91 Å². The van der Waals surface area contributed by atoms with Gasteiger partial charge < -0.3 is 16.2 Å². The molecule has 1 fully saturated rings. The molecular weight excluding hydrogens is 480 g/mol. The third-order valence-corrected chi connectivity index (χ3v) is 8.81. The molecular formula is C18H16N4O5S4. The molecule has 3 atom stereocenters. The molecule has 1 saturated heterocycles. The van der Waals surface area contributed by atoms with Crippen LogP contribution in [0.15, 0.2) is 40.4 Å². The van der Waals surface area contributed by atoms with Gasteiger partial charge in [0.15, 0.2) is 5.01 Å². The van der Waals surface area contributed by atoms with Crippen LogP contribution in [0, 0.1) is 0 Å². The fourth-order valence-corrected chi connectivity index (χ4v) is 6.88. The minimum absolute atomic E-state index is 0.124. The van der Waals surface area contributed by atoms with Gasteiger partial charge in [-0.1, -0.05) is 17.8 Å². The highest BCUT2D eigenvalue weighted by Gasteiger charge is 2.54. The number of carbonyl (C=O) groups is 4. The number of aromatic nitrogens is 1. The molecule has 0 aliphatic carbocycles. The molecule has 2 aliphatic heterocycles. The van der Waals surface area contributed by atoms with E-state index in [1.54, 1.807) is 22.9 Å². The maximum atomic E-state index is 12.7. The molecule has 0 radical (unpaired) electrons. The van der Waals surface area contributed by atoms with E-state index in [0.29, 0.717) is 21.2 Å².